The molecule has 1 fully saturated rings. The van der Waals surface area contributed by atoms with E-state index in [4.69, 9.17) is 14.7 Å². The molecule has 8 heteroatoms. The highest BCUT2D eigenvalue weighted by Crippen LogP contribution is 2.48. The zero-order valence-electron chi connectivity index (χ0n) is 20.0. The van der Waals surface area contributed by atoms with Gasteiger partial charge >= 0.3 is 0 Å². The zero-order valence-corrected chi connectivity index (χ0v) is 20.8. The minimum Gasteiger partial charge on any atom is -0.380 e. The molecule has 35 heavy (non-hydrogen) atoms. The number of pyridine rings is 1. The number of nitrogens with zero attached hydrogens (tertiary/aromatic N) is 6. The normalized spacial score (nSPS) is 15.9. The number of thiophene rings is 1. The summed E-state index contributed by atoms with van der Waals surface area (Å²) < 4.78 is 7.66. The van der Waals surface area contributed by atoms with Gasteiger partial charge in [0, 0.05) is 62.5 Å². The molecule has 176 valence electrons. The minimum absolute atomic E-state index is 0.192. The van der Waals surface area contributed by atoms with E-state index in [-0.39, 0.29) is 6.10 Å². The lowest BCUT2D eigenvalue weighted by Crippen LogP contribution is -2.23. The average molecular weight is 483 g/mol. The number of aryl methyl sites for hydroxylation is 2. The topological polar surface area (TPSA) is 69.0 Å². The van der Waals surface area contributed by atoms with Gasteiger partial charge in [0.2, 0.25) is 0 Å². The van der Waals surface area contributed by atoms with Gasteiger partial charge in [-0.2, -0.15) is 0 Å². The van der Waals surface area contributed by atoms with Crippen molar-refractivity contribution in [2.45, 2.75) is 19.4 Å². The number of aromatic nitrogens is 5. The molecule has 1 unspecified atom stereocenters. The first-order valence-electron chi connectivity index (χ1n) is 11.7. The van der Waals surface area contributed by atoms with E-state index in [1.807, 2.05) is 30.2 Å². The van der Waals surface area contributed by atoms with E-state index >= 15 is 0 Å². The zero-order chi connectivity index (χ0) is 23.9. The first kappa shape index (κ1) is 21.9. The van der Waals surface area contributed by atoms with Crippen molar-refractivity contribution in [1.29, 1.82) is 0 Å². The van der Waals surface area contributed by atoms with Gasteiger partial charge < -0.3 is 14.2 Å². The van der Waals surface area contributed by atoms with Gasteiger partial charge in [-0.15, -0.1) is 11.3 Å². The number of hydrogen-bond donors (Lipinski definition) is 0. The molecular formula is C27H26N6OS. The molecule has 1 aliphatic heterocycles. The maximum atomic E-state index is 5.70. The van der Waals surface area contributed by atoms with Crippen molar-refractivity contribution in [3.05, 3.63) is 66.7 Å². The second-order valence-corrected chi connectivity index (χ2v) is 9.87. The van der Waals surface area contributed by atoms with Crippen LogP contribution in [0.4, 0.5) is 5.82 Å². The second kappa shape index (κ2) is 8.87. The molecule has 1 aliphatic rings. The molecule has 0 bridgehead atoms. The summed E-state index contributed by atoms with van der Waals surface area (Å²) in [6.45, 7) is 3.80. The highest BCUT2D eigenvalue weighted by molar-refractivity contribution is 7.22. The van der Waals surface area contributed by atoms with Crippen molar-refractivity contribution in [2.75, 3.05) is 25.1 Å². The van der Waals surface area contributed by atoms with Crippen LogP contribution in [0.5, 0.6) is 0 Å². The summed E-state index contributed by atoms with van der Waals surface area (Å²) in [5.41, 5.74) is 4.63. The third kappa shape index (κ3) is 3.79. The van der Waals surface area contributed by atoms with Crippen LogP contribution in [0, 0.1) is 6.92 Å². The van der Waals surface area contributed by atoms with Crippen molar-refractivity contribution >= 4 is 27.4 Å². The van der Waals surface area contributed by atoms with E-state index in [1.54, 1.807) is 24.6 Å². The van der Waals surface area contributed by atoms with Crippen LogP contribution in [0.3, 0.4) is 0 Å². The largest absolute Gasteiger partial charge is 0.380 e. The highest BCUT2D eigenvalue weighted by Gasteiger charge is 2.30. The smallest absolute Gasteiger partial charge is 0.199 e. The number of ether oxygens (including phenoxy) is 1. The van der Waals surface area contributed by atoms with Crippen molar-refractivity contribution < 1.29 is 4.74 Å². The Bertz CT molecular complexity index is 1510. The quantitative estimate of drug-likeness (QED) is 0.336. The Kier molecular flexibility index (Phi) is 5.54. The van der Waals surface area contributed by atoms with Crippen LogP contribution in [0.2, 0.25) is 0 Å². The summed E-state index contributed by atoms with van der Waals surface area (Å²) >= 11 is 1.71. The van der Waals surface area contributed by atoms with Gasteiger partial charge in [-0.05, 0) is 36.1 Å². The fourth-order valence-corrected chi connectivity index (χ4v) is 6.09. The molecule has 1 atom stereocenters. The lowest BCUT2D eigenvalue weighted by Gasteiger charge is -2.20. The number of fused-ring (bicyclic) bond motifs is 1. The standard InChI is InChI=1S/C27H26N6OS/c1-17-15-28-11-9-20(17)23-21(18-7-5-4-6-8-18)22-25(33-13-10-19(16-33)34-3)30-24(31-27(22)35-23)26-29-12-14-32(26)2/h4-9,11-12,14-15,19H,10,13,16H2,1-3H3. The van der Waals surface area contributed by atoms with Gasteiger partial charge in [-0.3, -0.25) is 4.98 Å². The van der Waals surface area contributed by atoms with E-state index < -0.39 is 0 Å². The van der Waals surface area contributed by atoms with E-state index in [0.717, 1.165) is 52.5 Å². The average Bonchev–Trinajstić information content (AvgIpc) is 3.62. The predicted octanol–water partition coefficient (Wildman–Crippen LogP) is 5.35. The molecule has 0 N–H and O–H groups in total. The maximum absolute atomic E-state index is 5.70. The molecule has 6 rings (SSSR count). The minimum atomic E-state index is 0.192. The Hall–Kier alpha value is -3.62. The van der Waals surface area contributed by atoms with E-state index in [1.165, 1.54) is 16.0 Å². The number of rotatable bonds is 5. The molecule has 7 nitrogen and oxygen atoms in total. The van der Waals surface area contributed by atoms with Crippen LogP contribution < -0.4 is 4.90 Å². The number of methoxy groups -OCH3 is 1. The molecule has 0 amide bonds. The summed E-state index contributed by atoms with van der Waals surface area (Å²) in [6.07, 6.45) is 8.66. The summed E-state index contributed by atoms with van der Waals surface area (Å²) in [4.78, 5) is 23.6. The molecule has 1 saturated heterocycles. The molecule has 0 radical (unpaired) electrons. The summed E-state index contributed by atoms with van der Waals surface area (Å²) in [7, 11) is 3.76. The van der Waals surface area contributed by atoms with Crippen LogP contribution in [0.15, 0.2) is 61.2 Å². The Morgan fingerprint density at radius 1 is 1.09 bits per heavy atom. The van der Waals surface area contributed by atoms with Crippen LogP contribution in [0.1, 0.15) is 12.0 Å². The Labute approximate surface area is 208 Å². The molecule has 4 aromatic heterocycles. The summed E-state index contributed by atoms with van der Waals surface area (Å²) in [6, 6.07) is 12.6. The maximum Gasteiger partial charge on any atom is 0.199 e. The predicted molar refractivity (Wildman–Crippen MR) is 141 cm³/mol. The monoisotopic (exact) mass is 482 g/mol. The second-order valence-electron chi connectivity index (χ2n) is 8.87. The molecule has 5 heterocycles. The highest BCUT2D eigenvalue weighted by atomic mass is 32.1. The third-order valence-electron chi connectivity index (χ3n) is 6.66. The van der Waals surface area contributed by atoms with Crippen LogP contribution in [-0.4, -0.2) is 50.8 Å². The third-order valence-corrected chi connectivity index (χ3v) is 7.78. The van der Waals surface area contributed by atoms with E-state index in [0.29, 0.717) is 5.82 Å². The Balaban J connectivity index is 1.69. The molecule has 0 aliphatic carbocycles. The fraction of sp³-hybridized carbons (Fsp3) is 0.259. The fourth-order valence-electron chi connectivity index (χ4n) is 4.80. The van der Waals surface area contributed by atoms with Gasteiger partial charge in [0.15, 0.2) is 11.6 Å². The summed E-state index contributed by atoms with van der Waals surface area (Å²) in [5, 5.41) is 1.09. The van der Waals surface area contributed by atoms with Gasteiger partial charge in [0.1, 0.15) is 10.6 Å². The number of imidazole rings is 1. The summed E-state index contributed by atoms with van der Waals surface area (Å²) in [5.74, 6) is 2.34. The van der Waals surface area contributed by atoms with Gasteiger partial charge in [-0.1, -0.05) is 30.3 Å². The Morgan fingerprint density at radius 2 is 1.94 bits per heavy atom. The van der Waals surface area contributed by atoms with Crippen molar-refractivity contribution in [3.8, 4) is 33.2 Å². The van der Waals surface area contributed by atoms with Gasteiger partial charge in [-0.25, -0.2) is 15.0 Å². The lowest BCUT2D eigenvalue weighted by molar-refractivity contribution is 0.121. The van der Waals surface area contributed by atoms with Crippen molar-refractivity contribution in [1.82, 2.24) is 24.5 Å². The molecule has 5 aromatic rings. The van der Waals surface area contributed by atoms with E-state index in [9.17, 15) is 0 Å². The SMILES string of the molecule is COC1CCN(c2nc(-c3nccn3C)nc3sc(-c4ccncc4C)c(-c4ccccc4)c23)C1. The first-order chi connectivity index (χ1) is 17.1. The van der Waals surface area contributed by atoms with Crippen LogP contribution in [-0.2, 0) is 11.8 Å². The van der Waals surface area contributed by atoms with Gasteiger partial charge in [0.25, 0.3) is 0 Å². The van der Waals surface area contributed by atoms with E-state index in [2.05, 4.69) is 58.2 Å². The molecule has 1 aromatic carbocycles. The van der Waals surface area contributed by atoms with Crippen molar-refractivity contribution in [2.24, 2.45) is 7.05 Å². The van der Waals surface area contributed by atoms with Gasteiger partial charge in [0.05, 0.1) is 11.5 Å². The molecular weight excluding hydrogens is 456 g/mol. The Morgan fingerprint density at radius 3 is 2.66 bits per heavy atom. The van der Waals surface area contributed by atoms with Crippen LogP contribution in [0.25, 0.3) is 43.4 Å². The van der Waals surface area contributed by atoms with Crippen molar-refractivity contribution in [3.63, 3.8) is 0 Å². The number of hydrogen-bond acceptors (Lipinski definition) is 7. The first-order valence-corrected chi connectivity index (χ1v) is 12.5. The lowest BCUT2D eigenvalue weighted by atomic mass is 9.98. The number of anilines is 1. The molecule has 0 spiro atoms. The van der Waals surface area contributed by atoms with Crippen LogP contribution >= 0.6 is 11.3 Å². The number of benzene rings is 1. The molecule has 0 saturated carbocycles.